The quantitative estimate of drug-likeness (QED) is 0.529. The number of aryl methyl sites for hydroxylation is 2. The molecule has 0 saturated heterocycles. The van der Waals surface area contributed by atoms with E-state index >= 15 is 0 Å². The summed E-state index contributed by atoms with van der Waals surface area (Å²) in [5, 5.41) is 9.53. The highest BCUT2D eigenvalue weighted by molar-refractivity contribution is 7.95. The van der Waals surface area contributed by atoms with Crippen LogP contribution < -0.4 is 4.74 Å². The first-order valence-corrected chi connectivity index (χ1v) is 10.6. The molecular formula is C24H21NO3S. The molecule has 0 aromatic heterocycles. The average molecular weight is 404 g/mol. The molecule has 5 heteroatoms. The third-order valence-corrected chi connectivity index (χ3v) is 6.09. The summed E-state index contributed by atoms with van der Waals surface area (Å²) >= 11 is 0. The van der Waals surface area contributed by atoms with E-state index in [9.17, 15) is 13.7 Å². The van der Waals surface area contributed by atoms with E-state index < -0.39 is 9.84 Å². The Labute approximate surface area is 171 Å². The van der Waals surface area contributed by atoms with Crippen LogP contribution >= 0.6 is 0 Å². The van der Waals surface area contributed by atoms with E-state index in [2.05, 4.69) is 0 Å². The number of sulfone groups is 1. The van der Waals surface area contributed by atoms with Gasteiger partial charge in [-0.2, -0.15) is 5.26 Å². The molecule has 0 heterocycles. The zero-order valence-corrected chi connectivity index (χ0v) is 17.1. The fraction of sp³-hybridized carbons (Fsp3) is 0.125. The molecule has 0 bridgehead atoms. The Morgan fingerprint density at radius 2 is 1.69 bits per heavy atom. The van der Waals surface area contributed by atoms with Crippen LogP contribution in [0.2, 0.25) is 0 Å². The lowest BCUT2D eigenvalue weighted by Gasteiger charge is -2.10. The molecule has 3 aromatic rings. The molecule has 0 amide bonds. The average Bonchev–Trinajstić information content (AvgIpc) is 2.71. The van der Waals surface area contributed by atoms with Gasteiger partial charge in [0.2, 0.25) is 9.84 Å². The summed E-state index contributed by atoms with van der Waals surface area (Å²) in [4.78, 5) is -0.234. The zero-order valence-electron chi connectivity index (χ0n) is 16.3. The van der Waals surface area contributed by atoms with Crippen LogP contribution in [0.3, 0.4) is 0 Å². The maximum Gasteiger partial charge on any atom is 0.216 e. The lowest BCUT2D eigenvalue weighted by Crippen LogP contribution is -2.04. The Morgan fingerprint density at radius 3 is 2.38 bits per heavy atom. The third-order valence-electron chi connectivity index (χ3n) is 4.41. The second kappa shape index (κ2) is 8.76. The van der Waals surface area contributed by atoms with Gasteiger partial charge in [0, 0.05) is 5.56 Å². The molecule has 0 saturated carbocycles. The van der Waals surface area contributed by atoms with E-state index in [-0.39, 0.29) is 9.80 Å². The second-order valence-corrected chi connectivity index (χ2v) is 8.67. The Morgan fingerprint density at radius 1 is 0.966 bits per heavy atom. The molecule has 3 rings (SSSR count). The van der Waals surface area contributed by atoms with Crippen LogP contribution in [0.15, 0.2) is 82.6 Å². The molecule has 0 atom stereocenters. The van der Waals surface area contributed by atoms with Crippen LogP contribution in [0.5, 0.6) is 5.75 Å². The molecule has 146 valence electrons. The SMILES string of the molecule is Cc1ccc(S(=O)(=O)C(C#N)=Cc2ccccc2OCc2cccc(C)c2)cc1. The van der Waals surface area contributed by atoms with Gasteiger partial charge in [-0.15, -0.1) is 0 Å². The lowest BCUT2D eigenvalue weighted by atomic mass is 10.1. The smallest absolute Gasteiger partial charge is 0.216 e. The summed E-state index contributed by atoms with van der Waals surface area (Å²) in [5.41, 5.74) is 3.63. The van der Waals surface area contributed by atoms with Gasteiger partial charge in [-0.3, -0.25) is 0 Å². The third kappa shape index (κ3) is 4.92. The molecule has 29 heavy (non-hydrogen) atoms. The van der Waals surface area contributed by atoms with Crippen LogP contribution in [0, 0.1) is 25.2 Å². The number of nitriles is 1. The van der Waals surface area contributed by atoms with Crippen molar-refractivity contribution in [3.8, 4) is 11.8 Å². The van der Waals surface area contributed by atoms with E-state index in [0.717, 1.165) is 16.7 Å². The molecule has 4 nitrogen and oxygen atoms in total. The predicted molar refractivity (Wildman–Crippen MR) is 114 cm³/mol. The monoisotopic (exact) mass is 403 g/mol. The summed E-state index contributed by atoms with van der Waals surface area (Å²) in [6.45, 7) is 4.23. The molecular weight excluding hydrogens is 382 g/mol. The highest BCUT2D eigenvalue weighted by Gasteiger charge is 2.21. The van der Waals surface area contributed by atoms with Crippen molar-refractivity contribution < 1.29 is 13.2 Å². The van der Waals surface area contributed by atoms with Crippen molar-refractivity contribution in [2.45, 2.75) is 25.3 Å². The van der Waals surface area contributed by atoms with Crippen molar-refractivity contribution in [3.05, 3.63) is 100.0 Å². The summed E-state index contributed by atoms with van der Waals surface area (Å²) in [7, 11) is -3.91. The van der Waals surface area contributed by atoms with E-state index in [1.165, 1.54) is 18.2 Å². The number of rotatable bonds is 6. The topological polar surface area (TPSA) is 67.2 Å². The number of hydrogen-bond donors (Lipinski definition) is 0. The Hall–Kier alpha value is -3.36. The molecule has 0 spiro atoms. The summed E-state index contributed by atoms with van der Waals surface area (Å²) in [5.74, 6) is 0.515. The Bertz CT molecular complexity index is 1190. The molecule has 0 unspecified atom stereocenters. The zero-order chi connectivity index (χ0) is 20.9. The molecule has 0 aliphatic carbocycles. The fourth-order valence-electron chi connectivity index (χ4n) is 2.85. The number of para-hydroxylation sites is 1. The van der Waals surface area contributed by atoms with Gasteiger partial charge >= 0.3 is 0 Å². The van der Waals surface area contributed by atoms with Gasteiger partial charge in [0.15, 0.2) is 0 Å². The first-order valence-electron chi connectivity index (χ1n) is 9.11. The van der Waals surface area contributed by atoms with E-state index in [0.29, 0.717) is 17.9 Å². The highest BCUT2D eigenvalue weighted by Crippen LogP contribution is 2.26. The van der Waals surface area contributed by atoms with Crippen molar-refractivity contribution in [1.82, 2.24) is 0 Å². The molecule has 3 aromatic carbocycles. The summed E-state index contributed by atoms with van der Waals surface area (Å²) < 4.78 is 31.7. The number of nitrogens with zero attached hydrogens (tertiary/aromatic N) is 1. The molecule has 0 radical (unpaired) electrons. The van der Waals surface area contributed by atoms with Gasteiger partial charge < -0.3 is 4.74 Å². The van der Waals surface area contributed by atoms with E-state index in [1.807, 2.05) is 50.2 Å². The van der Waals surface area contributed by atoms with Crippen LogP contribution in [0.25, 0.3) is 6.08 Å². The maximum absolute atomic E-state index is 12.9. The van der Waals surface area contributed by atoms with Gasteiger partial charge in [0.1, 0.15) is 23.3 Å². The summed E-state index contributed by atoms with van der Waals surface area (Å²) in [6, 6.07) is 23.3. The molecule has 0 fully saturated rings. The minimum Gasteiger partial charge on any atom is -0.488 e. The maximum atomic E-state index is 12.9. The number of ether oxygens (including phenoxy) is 1. The van der Waals surface area contributed by atoms with Gasteiger partial charge in [0.25, 0.3) is 0 Å². The largest absolute Gasteiger partial charge is 0.488 e. The first kappa shape index (κ1) is 20.4. The predicted octanol–water partition coefficient (Wildman–Crippen LogP) is 5.22. The first-order chi connectivity index (χ1) is 13.9. The van der Waals surface area contributed by atoms with Crippen LogP contribution in [-0.4, -0.2) is 8.42 Å². The highest BCUT2D eigenvalue weighted by atomic mass is 32.2. The van der Waals surface area contributed by atoms with Gasteiger partial charge in [-0.05, 0) is 43.7 Å². The van der Waals surface area contributed by atoms with Gasteiger partial charge in [-0.1, -0.05) is 65.7 Å². The minimum atomic E-state index is -3.91. The van der Waals surface area contributed by atoms with Crippen molar-refractivity contribution in [3.63, 3.8) is 0 Å². The van der Waals surface area contributed by atoms with Crippen molar-refractivity contribution in [2.75, 3.05) is 0 Å². The fourth-order valence-corrected chi connectivity index (χ4v) is 4.00. The molecule has 0 aliphatic rings. The Balaban J connectivity index is 1.92. The van der Waals surface area contributed by atoms with Crippen LogP contribution in [0.1, 0.15) is 22.3 Å². The minimum absolute atomic E-state index is 0.0917. The van der Waals surface area contributed by atoms with Crippen molar-refractivity contribution in [1.29, 1.82) is 5.26 Å². The number of allylic oxidation sites excluding steroid dienone is 1. The van der Waals surface area contributed by atoms with Crippen LogP contribution in [-0.2, 0) is 16.4 Å². The van der Waals surface area contributed by atoms with E-state index in [1.54, 1.807) is 30.3 Å². The molecule has 0 N–H and O–H groups in total. The van der Waals surface area contributed by atoms with Gasteiger partial charge in [0.05, 0.1) is 4.90 Å². The normalized spacial score (nSPS) is 11.7. The molecule has 0 aliphatic heterocycles. The number of benzene rings is 3. The van der Waals surface area contributed by atoms with E-state index in [4.69, 9.17) is 4.74 Å². The van der Waals surface area contributed by atoms with Gasteiger partial charge in [-0.25, -0.2) is 8.42 Å². The van der Waals surface area contributed by atoms with Crippen molar-refractivity contribution in [2.24, 2.45) is 0 Å². The summed E-state index contributed by atoms with van der Waals surface area (Å²) in [6.07, 6.45) is 1.36. The Kier molecular flexibility index (Phi) is 6.16. The number of hydrogen-bond acceptors (Lipinski definition) is 4. The van der Waals surface area contributed by atoms with Crippen molar-refractivity contribution >= 4 is 15.9 Å². The lowest BCUT2D eigenvalue weighted by molar-refractivity contribution is 0.305. The second-order valence-electron chi connectivity index (χ2n) is 6.75. The standard InChI is InChI=1S/C24H21NO3S/c1-18-10-12-22(13-11-18)29(26,27)23(16-25)15-21-8-3-4-9-24(21)28-17-20-7-5-6-19(2)14-20/h3-15H,17H2,1-2H3. The van der Waals surface area contributed by atoms with Crippen LogP contribution in [0.4, 0.5) is 0 Å².